The first-order valence-corrected chi connectivity index (χ1v) is 4.48. The van der Waals surface area contributed by atoms with Crippen LogP contribution in [0.25, 0.3) is 0 Å². The van der Waals surface area contributed by atoms with Crippen molar-refractivity contribution < 1.29 is 56.7 Å². The van der Waals surface area contributed by atoms with Crippen LogP contribution in [0.4, 0.5) is 0 Å². The second-order valence-electron chi connectivity index (χ2n) is 3.09. The number of aliphatic carboxylic acids is 4. The molecule has 19 heavy (non-hydrogen) atoms. The Hall–Kier alpha value is -1.68. The fourth-order valence-electron chi connectivity index (χ4n) is 0.551. The molecular weight excluding hydrogens is 308 g/mol. The van der Waals surface area contributed by atoms with Gasteiger partial charge in [-0.3, -0.25) is 19.2 Å². The Kier molecular flexibility index (Phi) is 13.5. The zero-order chi connectivity index (χ0) is 14.9. The van der Waals surface area contributed by atoms with Crippen molar-refractivity contribution in [2.45, 2.75) is 24.9 Å². The van der Waals surface area contributed by atoms with E-state index in [1.807, 2.05) is 0 Å². The normalized spacial score (nSPS) is 11.9. The fourth-order valence-corrected chi connectivity index (χ4v) is 0.551. The van der Waals surface area contributed by atoms with E-state index in [1.165, 1.54) is 0 Å². The molecule has 0 rings (SSSR count). The van der Waals surface area contributed by atoms with Crippen LogP contribution in [-0.2, 0) is 36.2 Å². The van der Waals surface area contributed by atoms with Gasteiger partial charge in [0, 0.05) is 0 Å². The summed E-state index contributed by atoms with van der Waals surface area (Å²) in [6, 6.07) is -2.58. The van der Waals surface area contributed by atoms with E-state index in [2.05, 4.69) is 0 Å². The monoisotopic (exact) mass is 322 g/mol. The molecular formula is C8H14FeN2O8+2. The zero-order valence-corrected chi connectivity index (χ0v) is 10.6. The predicted molar refractivity (Wildman–Crippen MR) is 55.7 cm³/mol. The minimum absolute atomic E-state index is 0. The summed E-state index contributed by atoms with van der Waals surface area (Å²) in [5, 5.41) is 32.1. The summed E-state index contributed by atoms with van der Waals surface area (Å²) < 4.78 is 0. The summed E-state index contributed by atoms with van der Waals surface area (Å²) in [5.74, 6) is -5.00. The van der Waals surface area contributed by atoms with E-state index in [0.717, 1.165) is 0 Å². The van der Waals surface area contributed by atoms with Gasteiger partial charge in [0.25, 0.3) is 0 Å². The number of rotatable bonds is 6. The van der Waals surface area contributed by atoms with Gasteiger partial charge in [0.15, 0.2) is 0 Å². The maximum atomic E-state index is 9.85. The first kappa shape index (κ1) is 22.5. The van der Waals surface area contributed by atoms with Crippen LogP contribution in [0.15, 0.2) is 0 Å². The average molecular weight is 322 g/mol. The second-order valence-corrected chi connectivity index (χ2v) is 3.09. The predicted octanol–water partition coefficient (Wildman–Crippen LogP) is -2.26. The molecule has 10 nitrogen and oxygen atoms in total. The van der Waals surface area contributed by atoms with E-state index in [-0.39, 0.29) is 17.1 Å². The molecule has 0 saturated carbocycles. The Morgan fingerprint density at radius 2 is 0.947 bits per heavy atom. The molecule has 0 radical (unpaired) electrons. The molecule has 0 aliphatic carbocycles. The number of hydrogen-bond acceptors (Lipinski definition) is 6. The summed E-state index contributed by atoms with van der Waals surface area (Å²) >= 11 is 0. The third-order valence-corrected chi connectivity index (χ3v) is 1.42. The van der Waals surface area contributed by atoms with Crippen LogP contribution in [0.3, 0.4) is 0 Å². The molecule has 0 saturated heterocycles. The van der Waals surface area contributed by atoms with Crippen molar-refractivity contribution in [2.24, 2.45) is 11.5 Å². The number of carbonyl (C=O) groups is 4. The molecule has 8 N–H and O–H groups in total. The summed E-state index contributed by atoms with van der Waals surface area (Å²) in [6.45, 7) is 0. The van der Waals surface area contributed by atoms with Crippen molar-refractivity contribution >= 4 is 23.9 Å². The number of carboxylic acids is 4. The summed E-state index contributed by atoms with van der Waals surface area (Å²) in [4.78, 5) is 39.2. The van der Waals surface area contributed by atoms with Crippen molar-refractivity contribution in [3.05, 3.63) is 0 Å². The molecule has 2 atom stereocenters. The third kappa shape index (κ3) is 16.3. The molecule has 0 fully saturated rings. The minimum atomic E-state index is -1.29. The molecule has 0 unspecified atom stereocenters. The fraction of sp³-hybridized carbons (Fsp3) is 0.500. The van der Waals surface area contributed by atoms with Crippen LogP contribution in [0.5, 0.6) is 0 Å². The molecule has 0 aliphatic rings. The topological polar surface area (TPSA) is 201 Å². The summed E-state index contributed by atoms with van der Waals surface area (Å²) in [6.07, 6.45) is -1.06. The van der Waals surface area contributed by atoms with Crippen molar-refractivity contribution in [3.8, 4) is 0 Å². The first-order valence-electron chi connectivity index (χ1n) is 4.48. The minimum Gasteiger partial charge on any atom is -0.481 e. The summed E-state index contributed by atoms with van der Waals surface area (Å²) in [7, 11) is 0. The molecule has 11 heteroatoms. The molecule has 0 aromatic heterocycles. The summed E-state index contributed by atoms with van der Waals surface area (Å²) in [5.41, 5.74) is 9.67. The SMILES string of the molecule is N[C@@H](CC(=O)O)C(=O)O.N[C@@H](CC(=O)O)C(=O)O.[Fe+2]. The number of carboxylic acid groups (broad SMARTS) is 4. The van der Waals surface area contributed by atoms with E-state index in [1.54, 1.807) is 0 Å². The Bertz CT molecular complexity index is 303. The molecule has 0 aromatic carbocycles. The van der Waals surface area contributed by atoms with Gasteiger partial charge in [0.2, 0.25) is 0 Å². The first-order chi connectivity index (χ1) is 8.07. The maximum absolute atomic E-state index is 9.85. The molecule has 0 aromatic rings. The van der Waals surface area contributed by atoms with Crippen molar-refractivity contribution in [3.63, 3.8) is 0 Å². The zero-order valence-electron chi connectivity index (χ0n) is 9.50. The van der Waals surface area contributed by atoms with Crippen LogP contribution in [0.1, 0.15) is 12.8 Å². The molecule has 0 bridgehead atoms. The van der Waals surface area contributed by atoms with Crippen LogP contribution in [-0.4, -0.2) is 56.4 Å². The molecule has 0 aliphatic heterocycles. The van der Waals surface area contributed by atoms with Gasteiger partial charge in [-0.2, -0.15) is 0 Å². The molecule has 110 valence electrons. The van der Waals surface area contributed by atoms with E-state index in [0.29, 0.717) is 0 Å². The Labute approximate surface area is 117 Å². The van der Waals surface area contributed by atoms with Crippen molar-refractivity contribution in [2.75, 3.05) is 0 Å². The van der Waals surface area contributed by atoms with Crippen LogP contribution in [0, 0.1) is 0 Å². The van der Waals surface area contributed by atoms with Crippen LogP contribution < -0.4 is 11.5 Å². The number of hydrogen-bond donors (Lipinski definition) is 6. The van der Waals surface area contributed by atoms with Gasteiger partial charge in [-0.1, -0.05) is 0 Å². The van der Waals surface area contributed by atoms with E-state index < -0.39 is 48.8 Å². The smallest absolute Gasteiger partial charge is 0.481 e. The third-order valence-electron chi connectivity index (χ3n) is 1.42. The number of nitrogens with two attached hydrogens (primary N) is 2. The van der Waals surface area contributed by atoms with E-state index >= 15 is 0 Å². The molecule has 0 amide bonds. The Balaban J connectivity index is -0.000000256. The largest absolute Gasteiger partial charge is 2.00 e. The van der Waals surface area contributed by atoms with Gasteiger partial charge in [-0.05, 0) is 0 Å². The van der Waals surface area contributed by atoms with Gasteiger partial charge in [-0.25, -0.2) is 0 Å². The molecule has 0 heterocycles. The van der Waals surface area contributed by atoms with Gasteiger partial charge < -0.3 is 31.9 Å². The Morgan fingerprint density at radius 3 is 1.00 bits per heavy atom. The second kappa shape index (κ2) is 11.4. The average Bonchev–Trinajstić information content (AvgIpc) is 2.16. The maximum Gasteiger partial charge on any atom is 2.00 e. The van der Waals surface area contributed by atoms with Gasteiger partial charge >= 0.3 is 40.9 Å². The van der Waals surface area contributed by atoms with Gasteiger partial charge in [0.1, 0.15) is 12.1 Å². The Morgan fingerprint density at radius 1 is 0.737 bits per heavy atom. The van der Waals surface area contributed by atoms with Crippen molar-refractivity contribution in [1.82, 2.24) is 0 Å². The molecule has 0 spiro atoms. The van der Waals surface area contributed by atoms with E-state index in [9.17, 15) is 19.2 Å². The van der Waals surface area contributed by atoms with E-state index in [4.69, 9.17) is 31.9 Å². The van der Waals surface area contributed by atoms with Crippen LogP contribution >= 0.6 is 0 Å². The quantitative estimate of drug-likeness (QED) is 0.290. The van der Waals surface area contributed by atoms with Gasteiger partial charge in [0.05, 0.1) is 12.8 Å². The van der Waals surface area contributed by atoms with Gasteiger partial charge in [-0.15, -0.1) is 0 Å². The van der Waals surface area contributed by atoms with Crippen LogP contribution in [0.2, 0.25) is 0 Å². The standard InChI is InChI=1S/2C4H7NO4.Fe/c2*5-2(4(8)9)1-3(6)7;/h2*2H,1,5H2,(H,6,7)(H,8,9);/q;;+2/t2*2-;/m00./s1. The van der Waals surface area contributed by atoms with Crippen molar-refractivity contribution in [1.29, 1.82) is 0 Å².